The molecule has 21 heavy (non-hydrogen) atoms. The highest BCUT2D eigenvalue weighted by Crippen LogP contribution is 2.25. The molecule has 0 saturated heterocycles. The van der Waals surface area contributed by atoms with Crippen molar-refractivity contribution >= 4 is 11.6 Å². The van der Waals surface area contributed by atoms with Crippen LogP contribution in [0, 0.1) is 5.82 Å². The van der Waals surface area contributed by atoms with Crippen molar-refractivity contribution in [1.82, 2.24) is 9.78 Å². The van der Waals surface area contributed by atoms with Gasteiger partial charge in [-0.05, 0) is 37.5 Å². The number of aryl methyl sites for hydroxylation is 2. The van der Waals surface area contributed by atoms with Gasteiger partial charge in [0.2, 0.25) is 0 Å². The van der Waals surface area contributed by atoms with E-state index < -0.39 is 5.54 Å². The Labute approximate surface area is 129 Å². The number of nitrogens with two attached hydrogens (primary N) is 1. The highest BCUT2D eigenvalue weighted by atomic mass is 35.5. The van der Waals surface area contributed by atoms with Crippen molar-refractivity contribution in [2.45, 2.75) is 38.6 Å². The van der Waals surface area contributed by atoms with E-state index in [2.05, 4.69) is 5.10 Å². The smallest absolute Gasteiger partial charge is 0.123 e. The van der Waals surface area contributed by atoms with Crippen LogP contribution >= 0.6 is 11.6 Å². The maximum atomic E-state index is 13.3. The molecule has 1 unspecified atom stereocenters. The molecule has 0 aliphatic rings. The molecule has 0 saturated carbocycles. The summed E-state index contributed by atoms with van der Waals surface area (Å²) in [4.78, 5) is 0. The van der Waals surface area contributed by atoms with Crippen molar-refractivity contribution in [3.05, 3.63) is 52.1 Å². The van der Waals surface area contributed by atoms with E-state index in [1.54, 1.807) is 10.7 Å². The lowest BCUT2D eigenvalue weighted by Gasteiger charge is -2.25. The minimum atomic E-state index is -0.518. The Morgan fingerprint density at radius 3 is 2.67 bits per heavy atom. The van der Waals surface area contributed by atoms with Gasteiger partial charge < -0.3 is 5.73 Å². The normalized spacial score (nSPS) is 14.2. The molecular weight excluding hydrogens is 289 g/mol. The summed E-state index contributed by atoms with van der Waals surface area (Å²) < 4.78 is 15.1. The number of rotatable bonds is 5. The fraction of sp³-hybridized carbons (Fsp3) is 0.438. The zero-order valence-corrected chi connectivity index (χ0v) is 13.4. The molecule has 0 amide bonds. The first-order valence-electron chi connectivity index (χ1n) is 7.06. The fourth-order valence-electron chi connectivity index (χ4n) is 2.57. The number of aromatic nitrogens is 2. The van der Waals surface area contributed by atoms with Crippen LogP contribution in [-0.4, -0.2) is 15.3 Å². The molecule has 2 rings (SSSR count). The summed E-state index contributed by atoms with van der Waals surface area (Å²) in [6, 6.07) is 6.54. The van der Waals surface area contributed by atoms with E-state index in [1.165, 1.54) is 12.1 Å². The van der Waals surface area contributed by atoms with Crippen molar-refractivity contribution in [3.63, 3.8) is 0 Å². The molecule has 0 aliphatic carbocycles. The third kappa shape index (κ3) is 3.83. The largest absolute Gasteiger partial charge is 0.325 e. The maximum absolute atomic E-state index is 13.3. The third-order valence-electron chi connectivity index (χ3n) is 3.57. The number of benzene rings is 1. The van der Waals surface area contributed by atoms with Crippen molar-refractivity contribution in [3.8, 4) is 0 Å². The first-order valence-corrected chi connectivity index (χ1v) is 7.44. The van der Waals surface area contributed by atoms with E-state index in [0.717, 1.165) is 23.4 Å². The average Bonchev–Trinajstić information content (AvgIpc) is 2.65. The van der Waals surface area contributed by atoms with E-state index in [4.69, 9.17) is 17.3 Å². The zero-order chi connectivity index (χ0) is 15.6. The van der Waals surface area contributed by atoms with Gasteiger partial charge in [0.1, 0.15) is 5.82 Å². The van der Waals surface area contributed by atoms with Crippen molar-refractivity contribution in [2.75, 3.05) is 0 Å². The molecule has 0 aliphatic heterocycles. The molecule has 0 fully saturated rings. The Kier molecular flexibility index (Phi) is 4.69. The van der Waals surface area contributed by atoms with Gasteiger partial charge in [-0.1, -0.05) is 30.7 Å². The molecule has 2 aromatic rings. The van der Waals surface area contributed by atoms with Gasteiger partial charge >= 0.3 is 0 Å². The second-order valence-electron chi connectivity index (χ2n) is 5.82. The van der Waals surface area contributed by atoms with Crippen LogP contribution in [0.1, 0.15) is 30.8 Å². The fourth-order valence-corrected chi connectivity index (χ4v) is 2.93. The highest BCUT2D eigenvalue weighted by molar-refractivity contribution is 6.31. The predicted octanol–water partition coefficient (Wildman–Crippen LogP) is 3.28. The molecule has 3 nitrogen and oxygen atoms in total. The van der Waals surface area contributed by atoms with Crippen LogP contribution in [0.15, 0.2) is 24.3 Å². The molecule has 114 valence electrons. The Morgan fingerprint density at radius 1 is 1.38 bits per heavy atom. The van der Waals surface area contributed by atoms with Gasteiger partial charge in [0.15, 0.2) is 0 Å². The molecule has 1 atom stereocenters. The molecule has 0 radical (unpaired) electrons. The van der Waals surface area contributed by atoms with E-state index in [9.17, 15) is 4.39 Å². The molecule has 2 N–H and O–H groups in total. The quantitative estimate of drug-likeness (QED) is 0.921. The molecule has 5 heteroatoms. The summed E-state index contributed by atoms with van der Waals surface area (Å²) >= 11 is 6.37. The monoisotopic (exact) mass is 309 g/mol. The second-order valence-corrected chi connectivity index (χ2v) is 6.20. The van der Waals surface area contributed by atoms with Crippen LogP contribution in [0.25, 0.3) is 0 Å². The molecule has 1 aromatic carbocycles. The Hall–Kier alpha value is -1.39. The summed E-state index contributed by atoms with van der Waals surface area (Å²) in [5.74, 6) is -0.241. The van der Waals surface area contributed by atoms with Gasteiger partial charge in [-0.15, -0.1) is 0 Å². The van der Waals surface area contributed by atoms with Gasteiger partial charge in [0, 0.05) is 19.0 Å². The van der Waals surface area contributed by atoms with Gasteiger partial charge in [0.25, 0.3) is 0 Å². The topological polar surface area (TPSA) is 43.8 Å². The number of halogens is 2. The van der Waals surface area contributed by atoms with Crippen LogP contribution in [0.4, 0.5) is 4.39 Å². The van der Waals surface area contributed by atoms with Crippen LogP contribution in [0.3, 0.4) is 0 Å². The maximum Gasteiger partial charge on any atom is 0.123 e. The van der Waals surface area contributed by atoms with Crippen molar-refractivity contribution in [2.24, 2.45) is 12.8 Å². The lowest BCUT2D eigenvalue weighted by Crippen LogP contribution is -2.41. The van der Waals surface area contributed by atoms with Crippen molar-refractivity contribution < 1.29 is 4.39 Å². The van der Waals surface area contributed by atoms with E-state index in [0.29, 0.717) is 17.9 Å². The molecule has 0 bridgehead atoms. The molecular formula is C16H21ClFN3. The van der Waals surface area contributed by atoms with E-state index in [1.807, 2.05) is 27.0 Å². The SMILES string of the molecule is CCc1nn(C)c(CC(C)(N)Cc2cccc(F)c2)c1Cl. The van der Waals surface area contributed by atoms with Gasteiger partial charge in [-0.3, -0.25) is 4.68 Å². The average molecular weight is 310 g/mol. The molecule has 1 aromatic heterocycles. The van der Waals surface area contributed by atoms with Crippen molar-refractivity contribution in [1.29, 1.82) is 0 Å². The summed E-state index contributed by atoms with van der Waals surface area (Å²) in [7, 11) is 1.87. The van der Waals surface area contributed by atoms with Crippen LogP contribution < -0.4 is 5.73 Å². The van der Waals surface area contributed by atoms with Gasteiger partial charge in [-0.2, -0.15) is 5.10 Å². The van der Waals surface area contributed by atoms with Gasteiger partial charge in [-0.25, -0.2) is 4.39 Å². The number of nitrogens with zero attached hydrogens (tertiary/aromatic N) is 2. The van der Waals surface area contributed by atoms with Crippen LogP contribution in [0.2, 0.25) is 5.02 Å². The second kappa shape index (κ2) is 6.16. The van der Waals surface area contributed by atoms with E-state index in [-0.39, 0.29) is 5.82 Å². The minimum absolute atomic E-state index is 0.241. The zero-order valence-electron chi connectivity index (χ0n) is 12.7. The lowest BCUT2D eigenvalue weighted by atomic mass is 9.89. The first kappa shape index (κ1) is 16.0. The third-order valence-corrected chi connectivity index (χ3v) is 4.01. The van der Waals surface area contributed by atoms with Crippen LogP contribution in [-0.2, 0) is 26.3 Å². The minimum Gasteiger partial charge on any atom is -0.325 e. The lowest BCUT2D eigenvalue weighted by molar-refractivity contribution is 0.446. The summed E-state index contributed by atoms with van der Waals surface area (Å²) in [5, 5.41) is 5.09. The Bertz CT molecular complexity index is 634. The molecule has 1 heterocycles. The highest BCUT2D eigenvalue weighted by Gasteiger charge is 2.24. The predicted molar refractivity (Wildman–Crippen MR) is 84.0 cm³/mol. The van der Waals surface area contributed by atoms with Gasteiger partial charge in [0.05, 0.1) is 16.4 Å². The summed E-state index contributed by atoms with van der Waals surface area (Å²) in [6.07, 6.45) is 1.96. The standard InChI is InChI=1S/C16H21ClFN3/c1-4-13-15(17)14(21(3)20-13)10-16(2,19)9-11-6-5-7-12(18)8-11/h5-8H,4,9-10,19H2,1-3H3. The summed E-state index contributed by atoms with van der Waals surface area (Å²) in [6.45, 7) is 3.97. The number of hydrogen-bond acceptors (Lipinski definition) is 2. The molecule has 0 spiro atoms. The Morgan fingerprint density at radius 2 is 2.10 bits per heavy atom. The van der Waals surface area contributed by atoms with Crippen LogP contribution in [0.5, 0.6) is 0 Å². The Balaban J connectivity index is 2.19. The van der Waals surface area contributed by atoms with E-state index >= 15 is 0 Å². The first-order chi connectivity index (χ1) is 9.82. The summed E-state index contributed by atoms with van der Waals surface area (Å²) in [5.41, 5.74) is 8.57. The number of hydrogen-bond donors (Lipinski definition) is 1.